The molecule has 2 aromatic heterocycles. The summed E-state index contributed by atoms with van der Waals surface area (Å²) in [5.74, 6) is 0.701. The zero-order valence-corrected chi connectivity index (χ0v) is 14.3. The fourth-order valence-electron chi connectivity index (χ4n) is 3.33. The molecule has 3 N–H and O–H groups in total. The smallest absolute Gasteiger partial charge is 0.323 e. The van der Waals surface area contributed by atoms with Crippen molar-refractivity contribution >= 4 is 28.3 Å². The van der Waals surface area contributed by atoms with Crippen LogP contribution >= 0.6 is 11.3 Å². The van der Waals surface area contributed by atoms with Crippen molar-refractivity contribution in [2.24, 2.45) is 5.92 Å². The molecular weight excluding hydrogens is 322 g/mol. The van der Waals surface area contributed by atoms with Gasteiger partial charge in [-0.2, -0.15) is 0 Å². The van der Waals surface area contributed by atoms with Crippen molar-refractivity contribution in [3.8, 4) is 0 Å². The van der Waals surface area contributed by atoms with Gasteiger partial charge in [0.25, 0.3) is 5.91 Å². The molecule has 1 aliphatic rings. The average molecular weight is 341 g/mol. The first-order valence-corrected chi connectivity index (χ1v) is 9.06. The highest BCUT2D eigenvalue weighted by Crippen LogP contribution is 2.32. The predicted molar refractivity (Wildman–Crippen MR) is 95.6 cm³/mol. The molecule has 0 saturated heterocycles. The van der Waals surface area contributed by atoms with Crippen molar-refractivity contribution in [2.75, 3.05) is 0 Å². The summed E-state index contributed by atoms with van der Waals surface area (Å²) >= 11 is 1.71. The van der Waals surface area contributed by atoms with Crippen LogP contribution in [0.1, 0.15) is 39.7 Å². The van der Waals surface area contributed by atoms with Gasteiger partial charge in [0.2, 0.25) is 0 Å². The van der Waals surface area contributed by atoms with E-state index in [4.69, 9.17) is 0 Å². The molecule has 0 saturated carbocycles. The van der Waals surface area contributed by atoms with Gasteiger partial charge in [-0.3, -0.25) is 4.79 Å². The summed E-state index contributed by atoms with van der Waals surface area (Å²) in [6, 6.07) is 5.65. The number of thiophene rings is 1. The highest BCUT2D eigenvalue weighted by molar-refractivity contribution is 7.10. The van der Waals surface area contributed by atoms with Crippen LogP contribution in [-0.4, -0.2) is 15.9 Å². The van der Waals surface area contributed by atoms with Gasteiger partial charge in [-0.25, -0.2) is 4.79 Å². The van der Waals surface area contributed by atoms with Crippen LogP contribution in [0.2, 0.25) is 0 Å². The molecule has 1 unspecified atom stereocenters. The molecule has 0 spiro atoms. The van der Waals surface area contributed by atoms with Crippen LogP contribution in [0.3, 0.4) is 0 Å². The molecule has 3 aromatic rings. The second kappa shape index (κ2) is 5.94. The largest absolute Gasteiger partial charge is 0.348 e. The number of hydrogen-bond acceptors (Lipinski definition) is 3. The maximum absolute atomic E-state index is 12.5. The lowest BCUT2D eigenvalue weighted by atomic mass is 9.88. The molecule has 1 atom stereocenters. The van der Waals surface area contributed by atoms with Gasteiger partial charge >= 0.3 is 5.69 Å². The third-order valence-corrected chi connectivity index (χ3v) is 5.73. The molecule has 0 radical (unpaired) electrons. The Morgan fingerprint density at radius 3 is 3.04 bits per heavy atom. The zero-order valence-electron chi connectivity index (χ0n) is 13.4. The number of imidazole rings is 1. The molecule has 0 bridgehead atoms. The van der Waals surface area contributed by atoms with E-state index in [9.17, 15) is 9.59 Å². The molecule has 124 valence electrons. The Kier molecular flexibility index (Phi) is 3.76. The summed E-state index contributed by atoms with van der Waals surface area (Å²) < 4.78 is 0. The van der Waals surface area contributed by atoms with E-state index in [1.165, 1.54) is 10.4 Å². The van der Waals surface area contributed by atoms with E-state index in [1.807, 2.05) is 23.6 Å². The van der Waals surface area contributed by atoms with Crippen LogP contribution in [0.4, 0.5) is 0 Å². The molecule has 0 fully saturated rings. The molecule has 1 amide bonds. The van der Waals surface area contributed by atoms with Crippen molar-refractivity contribution in [1.29, 1.82) is 0 Å². The summed E-state index contributed by atoms with van der Waals surface area (Å²) in [5.41, 5.74) is 4.35. The van der Waals surface area contributed by atoms with Crippen LogP contribution in [-0.2, 0) is 19.4 Å². The lowest BCUT2D eigenvalue weighted by Crippen LogP contribution is -2.24. The molecule has 1 aliphatic carbocycles. The minimum Gasteiger partial charge on any atom is -0.348 e. The minimum absolute atomic E-state index is 0.00953. The van der Waals surface area contributed by atoms with Gasteiger partial charge in [0.05, 0.1) is 16.6 Å². The topological polar surface area (TPSA) is 77.8 Å². The number of amides is 1. The van der Waals surface area contributed by atoms with E-state index < -0.39 is 0 Å². The number of fused-ring (bicyclic) bond motifs is 2. The Morgan fingerprint density at radius 1 is 1.33 bits per heavy atom. The highest BCUT2D eigenvalue weighted by Gasteiger charge is 2.22. The Hall–Kier alpha value is -2.34. The summed E-state index contributed by atoms with van der Waals surface area (Å²) in [7, 11) is 0. The van der Waals surface area contributed by atoms with E-state index in [0.717, 1.165) is 41.4 Å². The maximum Gasteiger partial charge on any atom is 0.323 e. The van der Waals surface area contributed by atoms with Gasteiger partial charge in [-0.05, 0) is 48.4 Å². The molecule has 5 nitrogen and oxygen atoms in total. The molecule has 24 heavy (non-hydrogen) atoms. The molecular formula is C18H19N3O2S. The first kappa shape index (κ1) is 15.2. The Bertz CT molecular complexity index is 966. The second-order valence-electron chi connectivity index (χ2n) is 6.54. The number of rotatable bonds is 3. The quantitative estimate of drug-likeness (QED) is 0.685. The molecule has 1 aromatic carbocycles. The van der Waals surface area contributed by atoms with Crippen LogP contribution in [0.15, 0.2) is 28.4 Å². The number of aromatic amines is 2. The maximum atomic E-state index is 12.5. The van der Waals surface area contributed by atoms with Crippen molar-refractivity contribution in [3.05, 3.63) is 55.6 Å². The standard InChI is InChI=1S/C18H19N3O2S/c1-10-2-4-12-13(9-24-16(12)6-10)17(22)19-8-11-3-5-14-15(7-11)21-18(23)20-14/h3,5,7,9-10H,2,4,6,8H2,1H3,(H,19,22)(H2,20,21,23). The number of carbonyl (C=O) groups is 1. The number of carbonyl (C=O) groups excluding carboxylic acids is 1. The normalized spacial score (nSPS) is 17.0. The first-order chi connectivity index (χ1) is 11.6. The molecule has 6 heteroatoms. The highest BCUT2D eigenvalue weighted by atomic mass is 32.1. The Morgan fingerprint density at radius 2 is 2.17 bits per heavy atom. The van der Waals surface area contributed by atoms with Crippen molar-refractivity contribution in [3.63, 3.8) is 0 Å². The van der Waals surface area contributed by atoms with Crippen molar-refractivity contribution in [1.82, 2.24) is 15.3 Å². The van der Waals surface area contributed by atoms with E-state index in [1.54, 1.807) is 11.3 Å². The van der Waals surface area contributed by atoms with Gasteiger partial charge in [0, 0.05) is 16.8 Å². The van der Waals surface area contributed by atoms with E-state index >= 15 is 0 Å². The number of H-pyrrole nitrogens is 2. The first-order valence-electron chi connectivity index (χ1n) is 8.18. The fourth-order valence-corrected chi connectivity index (χ4v) is 4.58. The third-order valence-electron chi connectivity index (χ3n) is 4.68. The van der Waals surface area contributed by atoms with E-state index in [2.05, 4.69) is 22.2 Å². The van der Waals surface area contributed by atoms with Crippen LogP contribution in [0.25, 0.3) is 11.0 Å². The monoisotopic (exact) mass is 341 g/mol. The number of hydrogen-bond donors (Lipinski definition) is 3. The number of benzene rings is 1. The number of nitrogens with one attached hydrogen (secondary N) is 3. The van der Waals surface area contributed by atoms with Gasteiger partial charge in [-0.15, -0.1) is 11.3 Å². The molecule has 0 aliphatic heterocycles. The van der Waals surface area contributed by atoms with E-state index in [-0.39, 0.29) is 11.6 Å². The average Bonchev–Trinajstić information content (AvgIpc) is 3.13. The number of aromatic nitrogens is 2. The fraction of sp³-hybridized carbons (Fsp3) is 0.333. The molecule has 4 rings (SSSR count). The van der Waals surface area contributed by atoms with Crippen molar-refractivity contribution in [2.45, 2.75) is 32.7 Å². The summed E-state index contributed by atoms with van der Waals surface area (Å²) in [4.78, 5) is 30.6. The summed E-state index contributed by atoms with van der Waals surface area (Å²) in [5, 5.41) is 4.99. The van der Waals surface area contributed by atoms with Gasteiger partial charge in [0.15, 0.2) is 0 Å². The summed E-state index contributed by atoms with van der Waals surface area (Å²) in [6.07, 6.45) is 3.24. The zero-order chi connectivity index (χ0) is 16.7. The van der Waals surface area contributed by atoms with E-state index in [0.29, 0.717) is 12.5 Å². The van der Waals surface area contributed by atoms with Gasteiger partial charge in [0.1, 0.15) is 0 Å². The van der Waals surface area contributed by atoms with Gasteiger partial charge in [-0.1, -0.05) is 13.0 Å². The Balaban J connectivity index is 1.49. The van der Waals surface area contributed by atoms with Crippen LogP contribution in [0, 0.1) is 5.92 Å². The van der Waals surface area contributed by atoms with Crippen LogP contribution < -0.4 is 11.0 Å². The lowest BCUT2D eigenvalue weighted by molar-refractivity contribution is 0.0950. The second-order valence-corrected chi connectivity index (χ2v) is 7.51. The predicted octanol–water partition coefficient (Wildman–Crippen LogP) is 2.97. The van der Waals surface area contributed by atoms with Crippen LogP contribution in [0.5, 0.6) is 0 Å². The third kappa shape index (κ3) is 2.78. The summed E-state index contributed by atoms with van der Waals surface area (Å²) in [6.45, 7) is 2.72. The van der Waals surface area contributed by atoms with Gasteiger partial charge < -0.3 is 15.3 Å². The SMILES string of the molecule is CC1CCc2c(C(=O)NCc3ccc4[nH]c(=O)[nH]c4c3)csc2C1. The Labute approximate surface area is 143 Å². The minimum atomic E-state index is -0.217. The van der Waals surface area contributed by atoms with Crippen molar-refractivity contribution < 1.29 is 4.79 Å². The molecule has 2 heterocycles. The lowest BCUT2D eigenvalue weighted by Gasteiger charge is -2.18.